The van der Waals surface area contributed by atoms with Gasteiger partial charge in [-0.3, -0.25) is 4.79 Å². The summed E-state index contributed by atoms with van der Waals surface area (Å²) < 4.78 is 0. The molecule has 1 unspecified atom stereocenters. The molecule has 0 rings (SSSR count). The maximum absolute atomic E-state index is 11.8. The highest BCUT2D eigenvalue weighted by Gasteiger charge is 2.22. The summed E-state index contributed by atoms with van der Waals surface area (Å²) in [4.78, 5) is 22.3. The fraction of sp³-hybridized carbons (Fsp3) is 0.846. The van der Waals surface area contributed by atoms with Gasteiger partial charge >= 0.3 is 12.0 Å². The van der Waals surface area contributed by atoms with E-state index >= 15 is 0 Å². The number of aliphatic carboxylic acids is 1. The molecule has 0 bridgehead atoms. The summed E-state index contributed by atoms with van der Waals surface area (Å²) in [5.41, 5.74) is -0.507. The van der Waals surface area contributed by atoms with Gasteiger partial charge in [-0.25, -0.2) is 4.79 Å². The Morgan fingerprint density at radius 1 is 1.28 bits per heavy atom. The maximum atomic E-state index is 11.8. The van der Waals surface area contributed by atoms with Crippen LogP contribution >= 0.6 is 0 Å². The minimum Gasteiger partial charge on any atom is -0.481 e. The van der Waals surface area contributed by atoms with Crippen LogP contribution in [0.3, 0.4) is 0 Å². The van der Waals surface area contributed by atoms with Crippen molar-refractivity contribution in [3.05, 3.63) is 0 Å². The average molecular weight is 258 g/mol. The number of nitrogens with one attached hydrogen (secondary N) is 2. The third-order valence-electron chi connectivity index (χ3n) is 2.88. The molecule has 5 nitrogen and oxygen atoms in total. The highest BCUT2D eigenvalue weighted by molar-refractivity contribution is 5.75. The monoisotopic (exact) mass is 258 g/mol. The molecule has 0 aromatic carbocycles. The van der Waals surface area contributed by atoms with Crippen LogP contribution < -0.4 is 10.6 Å². The first-order valence-electron chi connectivity index (χ1n) is 6.61. The van der Waals surface area contributed by atoms with Gasteiger partial charge in [0.1, 0.15) is 0 Å². The first-order chi connectivity index (χ1) is 8.30. The van der Waals surface area contributed by atoms with E-state index in [1.165, 1.54) is 0 Å². The number of carbonyl (C=O) groups excluding carboxylic acids is 1. The van der Waals surface area contributed by atoms with Crippen LogP contribution in [0.5, 0.6) is 0 Å². The lowest BCUT2D eigenvalue weighted by atomic mass is 9.99. The zero-order valence-electron chi connectivity index (χ0n) is 11.9. The van der Waals surface area contributed by atoms with Crippen molar-refractivity contribution in [3.8, 4) is 0 Å². The molecule has 0 spiro atoms. The zero-order chi connectivity index (χ0) is 14.2. The fourth-order valence-corrected chi connectivity index (χ4v) is 1.74. The van der Waals surface area contributed by atoms with Crippen LogP contribution in [0.4, 0.5) is 4.79 Å². The molecule has 0 aromatic heterocycles. The predicted octanol–water partition coefficient (Wildman–Crippen LogP) is 2.51. The van der Waals surface area contributed by atoms with Gasteiger partial charge in [0.2, 0.25) is 0 Å². The summed E-state index contributed by atoms with van der Waals surface area (Å²) >= 11 is 0. The van der Waals surface area contributed by atoms with Crippen LogP contribution in [-0.2, 0) is 4.79 Å². The van der Waals surface area contributed by atoms with Crippen LogP contribution in [0.25, 0.3) is 0 Å². The highest BCUT2D eigenvalue weighted by Crippen LogP contribution is 2.11. The number of carboxylic acids is 1. The Balaban J connectivity index is 4.15. The SMILES string of the molecule is CCCC(CC)NC(=O)NC(C)(C)CCC(=O)O. The number of rotatable bonds is 8. The van der Waals surface area contributed by atoms with Gasteiger partial charge in [0.05, 0.1) is 0 Å². The number of carbonyl (C=O) groups is 2. The number of hydrogen-bond acceptors (Lipinski definition) is 2. The van der Waals surface area contributed by atoms with Gasteiger partial charge in [-0.1, -0.05) is 20.3 Å². The van der Waals surface area contributed by atoms with Crippen molar-refractivity contribution in [1.82, 2.24) is 10.6 Å². The van der Waals surface area contributed by atoms with E-state index in [0.717, 1.165) is 19.3 Å². The lowest BCUT2D eigenvalue weighted by molar-refractivity contribution is -0.137. The molecule has 0 aliphatic carbocycles. The molecule has 0 aliphatic heterocycles. The lowest BCUT2D eigenvalue weighted by Crippen LogP contribution is -2.51. The summed E-state index contributed by atoms with van der Waals surface area (Å²) in [5.74, 6) is -0.845. The second-order valence-corrected chi connectivity index (χ2v) is 5.27. The molecule has 18 heavy (non-hydrogen) atoms. The summed E-state index contributed by atoms with van der Waals surface area (Å²) in [5, 5.41) is 14.4. The summed E-state index contributed by atoms with van der Waals surface area (Å²) in [7, 11) is 0. The number of urea groups is 1. The largest absolute Gasteiger partial charge is 0.481 e. The van der Waals surface area contributed by atoms with Crippen LogP contribution in [0, 0.1) is 0 Å². The molecule has 0 aromatic rings. The standard InChI is InChI=1S/C13H26N2O3/c1-5-7-10(6-2)14-12(18)15-13(3,4)9-8-11(16)17/h10H,5-9H2,1-4H3,(H,16,17)(H2,14,15,18). The third kappa shape index (κ3) is 7.92. The van der Waals surface area contributed by atoms with Crippen molar-refractivity contribution in [2.45, 2.75) is 71.4 Å². The summed E-state index contributed by atoms with van der Waals surface area (Å²) in [6.07, 6.45) is 3.36. The van der Waals surface area contributed by atoms with Crippen molar-refractivity contribution >= 4 is 12.0 Å². The maximum Gasteiger partial charge on any atom is 0.315 e. The molecule has 0 saturated carbocycles. The lowest BCUT2D eigenvalue weighted by Gasteiger charge is -2.27. The molecule has 0 heterocycles. The van der Waals surface area contributed by atoms with Crippen molar-refractivity contribution in [2.75, 3.05) is 0 Å². The van der Waals surface area contributed by atoms with E-state index < -0.39 is 11.5 Å². The van der Waals surface area contributed by atoms with Crippen molar-refractivity contribution in [1.29, 1.82) is 0 Å². The average Bonchev–Trinajstić information content (AvgIpc) is 2.25. The highest BCUT2D eigenvalue weighted by atomic mass is 16.4. The van der Waals surface area contributed by atoms with Gasteiger partial charge in [-0.2, -0.15) is 0 Å². The zero-order valence-corrected chi connectivity index (χ0v) is 11.9. The van der Waals surface area contributed by atoms with E-state index in [-0.39, 0.29) is 18.5 Å². The number of carboxylic acid groups (broad SMARTS) is 1. The Morgan fingerprint density at radius 3 is 2.33 bits per heavy atom. The topological polar surface area (TPSA) is 78.4 Å². The molecule has 3 N–H and O–H groups in total. The van der Waals surface area contributed by atoms with E-state index in [1.807, 2.05) is 20.8 Å². The Morgan fingerprint density at radius 2 is 1.89 bits per heavy atom. The van der Waals surface area contributed by atoms with Crippen molar-refractivity contribution in [3.63, 3.8) is 0 Å². The Kier molecular flexibility index (Phi) is 7.39. The van der Waals surface area contributed by atoms with E-state index in [4.69, 9.17) is 5.11 Å². The first-order valence-corrected chi connectivity index (χ1v) is 6.61. The van der Waals surface area contributed by atoms with E-state index in [2.05, 4.69) is 17.6 Å². The Bertz CT molecular complexity index is 277. The van der Waals surface area contributed by atoms with Crippen LogP contribution in [0.1, 0.15) is 59.8 Å². The van der Waals surface area contributed by atoms with Crippen LogP contribution in [0.2, 0.25) is 0 Å². The molecule has 106 valence electrons. The molecule has 0 radical (unpaired) electrons. The van der Waals surface area contributed by atoms with Gasteiger partial charge in [-0.05, 0) is 33.1 Å². The number of amides is 2. The molecule has 2 amide bonds. The third-order valence-corrected chi connectivity index (χ3v) is 2.88. The quantitative estimate of drug-likeness (QED) is 0.626. The van der Waals surface area contributed by atoms with Gasteiger partial charge in [0.15, 0.2) is 0 Å². The smallest absolute Gasteiger partial charge is 0.315 e. The van der Waals surface area contributed by atoms with Crippen LogP contribution in [0.15, 0.2) is 0 Å². The van der Waals surface area contributed by atoms with Gasteiger partial charge in [0.25, 0.3) is 0 Å². The Hall–Kier alpha value is -1.26. The molecule has 5 heteroatoms. The van der Waals surface area contributed by atoms with Crippen molar-refractivity contribution in [2.24, 2.45) is 0 Å². The van der Waals surface area contributed by atoms with Gasteiger partial charge < -0.3 is 15.7 Å². The van der Waals surface area contributed by atoms with Gasteiger partial charge in [-0.15, -0.1) is 0 Å². The molecular weight excluding hydrogens is 232 g/mol. The van der Waals surface area contributed by atoms with E-state index in [0.29, 0.717) is 6.42 Å². The minimum absolute atomic E-state index is 0.0550. The first kappa shape index (κ1) is 16.7. The predicted molar refractivity (Wildman–Crippen MR) is 71.6 cm³/mol. The molecule has 0 aliphatic rings. The Labute approximate surface area is 109 Å². The van der Waals surface area contributed by atoms with Crippen LogP contribution in [-0.4, -0.2) is 28.7 Å². The molecule has 0 fully saturated rings. The minimum atomic E-state index is -0.845. The second-order valence-electron chi connectivity index (χ2n) is 5.27. The molecular formula is C13H26N2O3. The van der Waals surface area contributed by atoms with E-state index in [9.17, 15) is 9.59 Å². The second kappa shape index (κ2) is 7.95. The molecule has 0 saturated heterocycles. The van der Waals surface area contributed by atoms with E-state index in [1.54, 1.807) is 0 Å². The normalized spacial score (nSPS) is 12.9. The molecule has 1 atom stereocenters. The summed E-state index contributed by atoms with van der Waals surface area (Å²) in [6.45, 7) is 7.78. The summed E-state index contributed by atoms with van der Waals surface area (Å²) in [6, 6.07) is -0.0315. The fourth-order valence-electron chi connectivity index (χ4n) is 1.74. The number of hydrogen-bond donors (Lipinski definition) is 3. The van der Waals surface area contributed by atoms with Crippen molar-refractivity contribution < 1.29 is 14.7 Å². The van der Waals surface area contributed by atoms with Gasteiger partial charge in [0, 0.05) is 18.0 Å².